The third kappa shape index (κ3) is 10.4. The molecule has 3 aromatic carbocycles. The molecule has 0 unspecified atom stereocenters. The molecule has 0 saturated carbocycles. The van der Waals surface area contributed by atoms with Crippen LogP contribution in [0.1, 0.15) is 53.1 Å². The summed E-state index contributed by atoms with van der Waals surface area (Å²) in [5.74, 6) is -1.08. The van der Waals surface area contributed by atoms with Crippen molar-refractivity contribution in [3.63, 3.8) is 0 Å². The number of nitriles is 1. The van der Waals surface area contributed by atoms with Crippen molar-refractivity contribution in [2.24, 2.45) is 0 Å². The Bertz CT molecular complexity index is 2030. The second kappa shape index (κ2) is 18.1. The van der Waals surface area contributed by atoms with Crippen LogP contribution in [0.3, 0.4) is 0 Å². The normalized spacial score (nSPS) is 15.7. The van der Waals surface area contributed by atoms with E-state index in [0.29, 0.717) is 59.3 Å². The lowest BCUT2D eigenvalue weighted by Crippen LogP contribution is -2.52. The van der Waals surface area contributed by atoms with Crippen molar-refractivity contribution in [1.82, 2.24) is 15.2 Å². The Morgan fingerprint density at radius 3 is 2.47 bits per heavy atom. The van der Waals surface area contributed by atoms with Crippen LogP contribution in [0.2, 0.25) is 5.02 Å². The molecule has 11 nitrogen and oxygen atoms in total. The zero-order valence-corrected chi connectivity index (χ0v) is 31.1. The molecule has 5 rings (SSSR count). The van der Waals surface area contributed by atoms with Crippen molar-refractivity contribution in [3.8, 4) is 34.4 Å². The molecule has 15 heteroatoms. The number of β-amino-alcohol motifs (C(OH)–C–C–N with tert-alkyl or cyclic N) is 1. The lowest BCUT2D eigenvalue weighted by atomic mass is 9.92. The fourth-order valence-corrected chi connectivity index (χ4v) is 6.42. The molecule has 1 aliphatic heterocycles. The van der Waals surface area contributed by atoms with E-state index in [0.717, 1.165) is 6.54 Å². The number of aliphatic carboxylic acids is 1. The van der Waals surface area contributed by atoms with Gasteiger partial charge < -0.3 is 34.4 Å². The summed E-state index contributed by atoms with van der Waals surface area (Å²) in [5.41, 5.74) is 0.269. The van der Waals surface area contributed by atoms with E-state index in [2.05, 4.69) is 15.2 Å². The number of carboxylic acid groups (broad SMARTS) is 1. The molecular weight excluding hydrogens is 741 g/mol. The highest BCUT2D eigenvalue weighted by atomic mass is 35.5. The van der Waals surface area contributed by atoms with Crippen LogP contribution >= 0.6 is 11.6 Å². The molecule has 2 atom stereocenters. The average Bonchev–Trinajstić information content (AvgIpc) is 3.58. The van der Waals surface area contributed by atoms with Gasteiger partial charge in [-0.05, 0) is 67.1 Å². The van der Waals surface area contributed by atoms with Gasteiger partial charge in [-0.2, -0.15) is 18.4 Å². The number of carbonyl (C=O) groups is 1. The Kier molecular flexibility index (Phi) is 13.6. The number of aliphatic hydroxyl groups is 2. The Hall–Kier alpha value is -4.91. The van der Waals surface area contributed by atoms with Gasteiger partial charge in [-0.1, -0.05) is 41.9 Å². The molecule has 0 amide bonds. The van der Waals surface area contributed by atoms with E-state index in [-0.39, 0.29) is 60.3 Å². The van der Waals surface area contributed by atoms with Gasteiger partial charge in [0, 0.05) is 55.8 Å². The minimum atomic E-state index is -4.71. The molecule has 0 radical (unpaired) electrons. The van der Waals surface area contributed by atoms with E-state index in [1.54, 1.807) is 31.2 Å². The van der Waals surface area contributed by atoms with Crippen molar-refractivity contribution in [2.75, 3.05) is 32.8 Å². The van der Waals surface area contributed by atoms with Gasteiger partial charge in [-0.25, -0.2) is 0 Å². The molecule has 1 aliphatic rings. The minimum absolute atomic E-state index is 0.0131. The molecule has 0 bridgehead atoms. The molecule has 1 fully saturated rings. The van der Waals surface area contributed by atoms with Gasteiger partial charge in [-0.3, -0.25) is 15.1 Å². The van der Waals surface area contributed by atoms with Crippen LogP contribution in [-0.4, -0.2) is 75.7 Å². The number of halogens is 4. The zero-order chi connectivity index (χ0) is 39.8. The fraction of sp³-hybridized carbons (Fsp3) is 0.375. The van der Waals surface area contributed by atoms with E-state index in [1.807, 2.05) is 6.07 Å². The van der Waals surface area contributed by atoms with Crippen molar-refractivity contribution < 1.29 is 47.5 Å². The van der Waals surface area contributed by atoms with Gasteiger partial charge in [0.2, 0.25) is 0 Å². The fourth-order valence-electron chi connectivity index (χ4n) is 6.18. The van der Waals surface area contributed by atoms with Crippen molar-refractivity contribution in [3.05, 3.63) is 105 Å². The third-order valence-corrected chi connectivity index (χ3v) is 9.74. The average molecular weight is 783 g/mol. The first-order valence-corrected chi connectivity index (χ1v) is 17.9. The minimum Gasteiger partial charge on any atom is -0.493 e. The Balaban J connectivity index is 1.38. The maximum Gasteiger partial charge on any atom is 0.420 e. The van der Waals surface area contributed by atoms with Gasteiger partial charge in [0.05, 0.1) is 29.9 Å². The predicted molar refractivity (Wildman–Crippen MR) is 198 cm³/mol. The number of hydrogen-bond donors (Lipinski definition) is 4. The molecule has 4 aromatic rings. The SMILES string of the molecule is Cc1c(COc2cc(OCc3cncc(C#N)c3)c(CN[C@](C)(CO)C(=O)O)cc2Cl)cccc1-c1cccc(OCCCN2CC[C@@H](O)C2)c1C(F)(F)F. The number of carboxylic acids is 1. The second-order valence-electron chi connectivity index (χ2n) is 13.5. The first kappa shape index (κ1) is 41.3. The number of likely N-dealkylation sites (tertiary alicyclic amines) is 1. The van der Waals surface area contributed by atoms with E-state index >= 15 is 0 Å². The number of aromatic nitrogens is 1. The van der Waals surface area contributed by atoms with Crippen LogP contribution in [0.4, 0.5) is 13.2 Å². The van der Waals surface area contributed by atoms with Crippen LogP contribution in [0.25, 0.3) is 11.1 Å². The summed E-state index contributed by atoms with van der Waals surface area (Å²) < 4.78 is 61.9. The Morgan fingerprint density at radius 2 is 1.78 bits per heavy atom. The smallest absolute Gasteiger partial charge is 0.420 e. The van der Waals surface area contributed by atoms with Gasteiger partial charge in [0.1, 0.15) is 47.6 Å². The van der Waals surface area contributed by atoms with Crippen LogP contribution in [0.5, 0.6) is 17.2 Å². The molecule has 1 aromatic heterocycles. The quantitative estimate of drug-likeness (QED) is 0.0865. The summed E-state index contributed by atoms with van der Waals surface area (Å²) in [6.45, 7) is 4.17. The maximum absolute atomic E-state index is 14.7. The first-order valence-electron chi connectivity index (χ1n) is 17.6. The number of benzene rings is 3. The largest absolute Gasteiger partial charge is 0.493 e. The van der Waals surface area contributed by atoms with E-state index < -0.39 is 29.9 Å². The van der Waals surface area contributed by atoms with Crippen LogP contribution in [-0.2, 0) is 30.7 Å². The highest BCUT2D eigenvalue weighted by Crippen LogP contribution is 2.44. The summed E-state index contributed by atoms with van der Waals surface area (Å²) >= 11 is 6.65. The molecule has 0 aliphatic carbocycles. The zero-order valence-electron chi connectivity index (χ0n) is 30.3. The lowest BCUT2D eigenvalue weighted by molar-refractivity contribution is -0.146. The number of nitrogens with one attached hydrogen (secondary N) is 1. The molecule has 55 heavy (non-hydrogen) atoms. The second-order valence-corrected chi connectivity index (χ2v) is 13.9. The molecule has 1 saturated heterocycles. The Labute approximate surface area is 321 Å². The van der Waals surface area contributed by atoms with E-state index in [9.17, 15) is 38.5 Å². The molecular formula is C40H42ClF3N4O7. The summed E-state index contributed by atoms with van der Waals surface area (Å²) in [4.78, 5) is 17.9. The number of alkyl halides is 3. The molecule has 2 heterocycles. The number of nitrogens with zero attached hydrogens (tertiary/aromatic N) is 3. The summed E-state index contributed by atoms with van der Waals surface area (Å²) in [5, 5.41) is 41.3. The van der Waals surface area contributed by atoms with Crippen LogP contribution in [0, 0.1) is 18.3 Å². The predicted octanol–water partition coefficient (Wildman–Crippen LogP) is 6.52. The summed E-state index contributed by atoms with van der Waals surface area (Å²) in [6, 6.07) is 15.9. The summed E-state index contributed by atoms with van der Waals surface area (Å²) in [6.07, 6.45) is -0.972. The number of rotatable bonds is 17. The van der Waals surface area contributed by atoms with Crippen molar-refractivity contribution >= 4 is 17.6 Å². The summed E-state index contributed by atoms with van der Waals surface area (Å²) in [7, 11) is 0. The monoisotopic (exact) mass is 782 g/mol. The lowest BCUT2D eigenvalue weighted by Gasteiger charge is -2.25. The van der Waals surface area contributed by atoms with E-state index in [1.165, 1.54) is 49.6 Å². The maximum atomic E-state index is 14.7. The molecule has 292 valence electrons. The van der Waals surface area contributed by atoms with Gasteiger partial charge in [0.15, 0.2) is 0 Å². The number of ether oxygens (including phenoxy) is 3. The first-order chi connectivity index (χ1) is 26.2. The number of aliphatic hydroxyl groups excluding tert-OH is 2. The third-order valence-electron chi connectivity index (χ3n) is 9.44. The van der Waals surface area contributed by atoms with Crippen molar-refractivity contribution in [2.45, 2.75) is 64.3 Å². The topological polar surface area (TPSA) is 157 Å². The highest BCUT2D eigenvalue weighted by molar-refractivity contribution is 6.32. The van der Waals surface area contributed by atoms with Crippen molar-refractivity contribution in [1.29, 1.82) is 5.26 Å². The Morgan fingerprint density at radius 1 is 1.04 bits per heavy atom. The number of hydrogen-bond acceptors (Lipinski definition) is 10. The van der Waals surface area contributed by atoms with E-state index in [4.69, 9.17) is 25.8 Å². The number of pyridine rings is 1. The standard InChI is InChI=1S/C40H42ClF3N4O7/c1-25-28(6-3-7-31(25)32-8-4-9-34(37(32)40(42,43)44)53-13-5-11-48-12-10-30(50)21-48)23-55-36-16-35(54-22-27-14-26(17-45)18-46-19-27)29(15-33(36)41)20-47-39(2,24-49)38(51)52/h3-4,6-9,14-16,18-19,30,47,49-50H,5,10-13,20-24H2,1-2H3,(H,51,52)/t30-,39-/m1/s1. The molecule has 4 N–H and O–H groups in total. The van der Waals surface area contributed by atoms with Crippen LogP contribution in [0.15, 0.2) is 67.0 Å². The van der Waals surface area contributed by atoms with Crippen LogP contribution < -0.4 is 19.5 Å². The van der Waals surface area contributed by atoms with Gasteiger partial charge in [-0.15, -0.1) is 0 Å². The van der Waals surface area contributed by atoms with Gasteiger partial charge in [0.25, 0.3) is 0 Å². The highest BCUT2D eigenvalue weighted by Gasteiger charge is 2.38. The molecule has 0 spiro atoms. The van der Waals surface area contributed by atoms with Gasteiger partial charge >= 0.3 is 12.1 Å².